The largest absolute Gasteiger partial charge is 0.298 e. The van der Waals surface area contributed by atoms with E-state index in [0.29, 0.717) is 6.42 Å². The Morgan fingerprint density at radius 3 is 2.94 bits per heavy atom. The van der Waals surface area contributed by atoms with Gasteiger partial charge >= 0.3 is 0 Å². The molecule has 0 aromatic carbocycles. The number of carbonyl (C=O) groups excluding carboxylic acids is 1. The van der Waals surface area contributed by atoms with E-state index in [1.807, 2.05) is 24.3 Å². The van der Waals surface area contributed by atoms with Gasteiger partial charge in [0.15, 0.2) is 0 Å². The van der Waals surface area contributed by atoms with Crippen LogP contribution in [0.15, 0.2) is 47.1 Å². The molecule has 2 aliphatic rings. The molecule has 0 radical (unpaired) electrons. The standard InChI is InChI=1S/C15H17FO/c1-2-11-7-12(10-17)9-14(8-11)13-3-5-15(16)6-4-13/h3-5,7,9-10,14-15H,2,6,8H2,1H3. The van der Waals surface area contributed by atoms with Crippen molar-refractivity contribution >= 4 is 6.29 Å². The third-order valence-corrected chi connectivity index (χ3v) is 3.34. The van der Waals surface area contributed by atoms with Crippen LogP contribution in [0.25, 0.3) is 0 Å². The predicted molar refractivity (Wildman–Crippen MR) is 67.4 cm³/mol. The Hall–Kier alpha value is -1.44. The van der Waals surface area contributed by atoms with Crippen molar-refractivity contribution in [3.8, 4) is 0 Å². The van der Waals surface area contributed by atoms with E-state index in [2.05, 4.69) is 6.92 Å². The highest BCUT2D eigenvalue weighted by Crippen LogP contribution is 2.32. The summed E-state index contributed by atoms with van der Waals surface area (Å²) in [6.07, 6.45) is 11.8. The van der Waals surface area contributed by atoms with E-state index in [4.69, 9.17) is 0 Å². The van der Waals surface area contributed by atoms with Gasteiger partial charge in [0.05, 0.1) is 0 Å². The van der Waals surface area contributed by atoms with Crippen molar-refractivity contribution in [3.05, 3.63) is 47.1 Å². The number of carbonyl (C=O) groups is 1. The first kappa shape index (κ1) is 12.0. The van der Waals surface area contributed by atoms with Crippen LogP contribution in [0, 0.1) is 5.92 Å². The Balaban J connectivity index is 2.18. The molecule has 0 aromatic rings. The number of hydrogen-bond donors (Lipinski definition) is 0. The molecule has 0 aliphatic heterocycles. The highest BCUT2D eigenvalue weighted by Gasteiger charge is 2.19. The quantitative estimate of drug-likeness (QED) is 0.678. The number of rotatable bonds is 3. The number of hydrogen-bond acceptors (Lipinski definition) is 1. The minimum atomic E-state index is -0.849. The molecule has 1 nitrogen and oxygen atoms in total. The zero-order valence-corrected chi connectivity index (χ0v) is 10.0. The molecule has 17 heavy (non-hydrogen) atoms. The second kappa shape index (κ2) is 5.26. The molecule has 0 saturated heterocycles. The minimum Gasteiger partial charge on any atom is -0.298 e. The molecule has 2 unspecified atom stereocenters. The van der Waals surface area contributed by atoms with E-state index in [9.17, 15) is 9.18 Å². The van der Waals surface area contributed by atoms with Crippen molar-refractivity contribution in [1.29, 1.82) is 0 Å². The zero-order chi connectivity index (χ0) is 12.3. The third kappa shape index (κ3) is 2.82. The Bertz CT molecular complexity index is 426. The summed E-state index contributed by atoms with van der Waals surface area (Å²) in [5, 5.41) is 0. The summed E-state index contributed by atoms with van der Waals surface area (Å²) in [5.41, 5.74) is 3.17. The molecule has 0 N–H and O–H groups in total. The lowest BCUT2D eigenvalue weighted by atomic mass is 9.82. The number of aldehydes is 1. The maximum absolute atomic E-state index is 13.0. The van der Waals surface area contributed by atoms with Crippen LogP contribution in [0.3, 0.4) is 0 Å². The molecule has 0 spiro atoms. The molecule has 2 rings (SSSR count). The van der Waals surface area contributed by atoms with Gasteiger partial charge in [0.2, 0.25) is 0 Å². The fourth-order valence-corrected chi connectivity index (χ4v) is 2.34. The van der Waals surface area contributed by atoms with Crippen molar-refractivity contribution in [2.24, 2.45) is 5.92 Å². The van der Waals surface area contributed by atoms with E-state index in [1.165, 1.54) is 5.57 Å². The monoisotopic (exact) mass is 232 g/mol. The zero-order valence-electron chi connectivity index (χ0n) is 10.0. The fourth-order valence-electron chi connectivity index (χ4n) is 2.34. The third-order valence-electron chi connectivity index (χ3n) is 3.34. The Labute approximate surface area is 101 Å². The van der Waals surface area contributed by atoms with Crippen molar-refractivity contribution < 1.29 is 9.18 Å². The van der Waals surface area contributed by atoms with Crippen molar-refractivity contribution in [3.63, 3.8) is 0 Å². The summed E-state index contributed by atoms with van der Waals surface area (Å²) in [7, 11) is 0. The molecule has 2 atom stereocenters. The number of alkyl halides is 1. The highest BCUT2D eigenvalue weighted by molar-refractivity contribution is 5.78. The fraction of sp³-hybridized carbons (Fsp3) is 0.400. The second-order valence-electron chi connectivity index (χ2n) is 4.57. The van der Waals surface area contributed by atoms with Crippen LogP contribution >= 0.6 is 0 Å². The molecule has 0 amide bonds. The SMILES string of the molecule is CCC1=CC(C=O)=CC(C2=CCC(F)C=C2)C1. The average molecular weight is 232 g/mol. The molecule has 0 fully saturated rings. The lowest BCUT2D eigenvalue weighted by molar-refractivity contribution is -0.104. The highest BCUT2D eigenvalue weighted by atomic mass is 19.1. The van der Waals surface area contributed by atoms with Gasteiger partial charge in [-0.05, 0) is 18.4 Å². The molecular weight excluding hydrogens is 215 g/mol. The summed E-state index contributed by atoms with van der Waals surface area (Å²) >= 11 is 0. The van der Waals surface area contributed by atoms with E-state index in [1.54, 1.807) is 6.08 Å². The van der Waals surface area contributed by atoms with Gasteiger partial charge in [-0.15, -0.1) is 0 Å². The number of halogens is 1. The smallest absolute Gasteiger partial charge is 0.149 e. The van der Waals surface area contributed by atoms with Gasteiger partial charge in [-0.2, -0.15) is 0 Å². The molecule has 2 aliphatic carbocycles. The van der Waals surface area contributed by atoms with Crippen LogP contribution in [0.2, 0.25) is 0 Å². The molecule has 90 valence electrons. The van der Waals surface area contributed by atoms with Crippen LogP contribution in [0.1, 0.15) is 26.2 Å². The van der Waals surface area contributed by atoms with Gasteiger partial charge in [-0.3, -0.25) is 4.79 Å². The summed E-state index contributed by atoms with van der Waals surface area (Å²) in [4.78, 5) is 10.9. The van der Waals surface area contributed by atoms with E-state index in [0.717, 1.165) is 30.3 Å². The van der Waals surface area contributed by atoms with Crippen molar-refractivity contribution in [2.45, 2.75) is 32.4 Å². The van der Waals surface area contributed by atoms with Gasteiger partial charge in [-0.25, -0.2) is 4.39 Å². The lowest BCUT2D eigenvalue weighted by Gasteiger charge is -2.22. The lowest BCUT2D eigenvalue weighted by Crippen LogP contribution is -2.10. The molecule has 0 bridgehead atoms. The summed E-state index contributed by atoms with van der Waals surface area (Å²) < 4.78 is 13.0. The van der Waals surface area contributed by atoms with Crippen LogP contribution in [0.5, 0.6) is 0 Å². The van der Waals surface area contributed by atoms with Gasteiger partial charge < -0.3 is 0 Å². The van der Waals surface area contributed by atoms with Gasteiger partial charge in [0, 0.05) is 17.9 Å². The van der Waals surface area contributed by atoms with Gasteiger partial charge in [0.25, 0.3) is 0 Å². The van der Waals surface area contributed by atoms with E-state index in [-0.39, 0.29) is 5.92 Å². The minimum absolute atomic E-state index is 0.235. The predicted octanol–water partition coefficient (Wildman–Crippen LogP) is 3.69. The molecule has 2 heteroatoms. The summed E-state index contributed by atoms with van der Waals surface area (Å²) in [5.74, 6) is 0.235. The summed E-state index contributed by atoms with van der Waals surface area (Å²) in [6.45, 7) is 2.10. The first-order valence-corrected chi connectivity index (χ1v) is 6.11. The topological polar surface area (TPSA) is 17.1 Å². The maximum Gasteiger partial charge on any atom is 0.149 e. The van der Waals surface area contributed by atoms with E-state index < -0.39 is 6.17 Å². The Morgan fingerprint density at radius 2 is 2.35 bits per heavy atom. The van der Waals surface area contributed by atoms with Crippen molar-refractivity contribution in [2.75, 3.05) is 0 Å². The molecule has 0 aromatic heterocycles. The van der Waals surface area contributed by atoms with Crippen LogP contribution < -0.4 is 0 Å². The molecule has 0 heterocycles. The Kier molecular flexibility index (Phi) is 3.72. The van der Waals surface area contributed by atoms with E-state index >= 15 is 0 Å². The maximum atomic E-state index is 13.0. The number of allylic oxidation sites excluding steroid dienone is 8. The average Bonchev–Trinajstić information content (AvgIpc) is 2.39. The van der Waals surface area contributed by atoms with Gasteiger partial charge in [-0.1, -0.05) is 42.9 Å². The van der Waals surface area contributed by atoms with Crippen LogP contribution in [-0.4, -0.2) is 12.5 Å². The van der Waals surface area contributed by atoms with Gasteiger partial charge in [0.1, 0.15) is 12.5 Å². The molecular formula is C15H17FO. The first-order valence-electron chi connectivity index (χ1n) is 6.11. The Morgan fingerprint density at radius 1 is 1.53 bits per heavy atom. The molecule has 0 saturated carbocycles. The first-order chi connectivity index (χ1) is 8.22. The van der Waals surface area contributed by atoms with Crippen LogP contribution in [-0.2, 0) is 4.79 Å². The summed E-state index contributed by atoms with van der Waals surface area (Å²) in [6, 6.07) is 0. The normalized spacial score (nSPS) is 28.2. The second-order valence-corrected chi connectivity index (χ2v) is 4.57. The van der Waals surface area contributed by atoms with Crippen molar-refractivity contribution in [1.82, 2.24) is 0 Å². The van der Waals surface area contributed by atoms with Crippen LogP contribution in [0.4, 0.5) is 4.39 Å².